The van der Waals surface area contributed by atoms with Gasteiger partial charge in [-0.1, -0.05) is 83.1 Å². The number of hydrogen-bond donors (Lipinski definition) is 5. The zero-order valence-corrected chi connectivity index (χ0v) is 63.8. The van der Waals surface area contributed by atoms with E-state index in [1.54, 1.807) is 41.5 Å². The number of likely N-dealkylation sites (N-methyl/N-ethyl adjacent to an activating group) is 6. The van der Waals surface area contributed by atoms with Gasteiger partial charge in [-0.05, 0) is 134 Å². The van der Waals surface area contributed by atoms with Gasteiger partial charge >= 0.3 is 0 Å². The molecule has 3 saturated heterocycles. The monoisotopic (exact) mass is 1400 g/mol. The Bertz CT molecular complexity index is 2760. The minimum atomic E-state index is -1.40. The smallest absolute Gasteiger partial charge is 0.270 e. The van der Waals surface area contributed by atoms with Gasteiger partial charge in [0, 0.05) is 74.4 Å². The number of amides is 12. The average molecular weight is 1400 g/mol. The van der Waals surface area contributed by atoms with E-state index in [9.17, 15) is 28.8 Å². The summed E-state index contributed by atoms with van der Waals surface area (Å²) in [6, 6.07) is -13.7. The van der Waals surface area contributed by atoms with Crippen LogP contribution >= 0.6 is 0 Å². The van der Waals surface area contributed by atoms with Crippen molar-refractivity contribution in [3.8, 4) is 0 Å². The first-order valence-corrected chi connectivity index (χ1v) is 36.3. The fourth-order valence-electron chi connectivity index (χ4n) is 13.2. The van der Waals surface area contributed by atoms with Gasteiger partial charge in [0.1, 0.15) is 66.5 Å². The molecule has 4 fully saturated rings. The highest BCUT2D eigenvalue weighted by Gasteiger charge is 2.55. The van der Waals surface area contributed by atoms with Crippen LogP contribution in [0.5, 0.6) is 0 Å². The van der Waals surface area contributed by atoms with Gasteiger partial charge in [0.25, 0.3) is 5.91 Å². The Morgan fingerprint density at radius 2 is 1.06 bits per heavy atom. The molecule has 28 heteroatoms. The molecule has 0 aromatic carbocycles. The molecule has 1 saturated carbocycles. The van der Waals surface area contributed by atoms with Crippen molar-refractivity contribution in [1.29, 1.82) is 0 Å². The molecule has 0 aromatic heterocycles. The first kappa shape index (κ1) is 84.9. The van der Waals surface area contributed by atoms with Crippen molar-refractivity contribution in [2.45, 2.75) is 266 Å². The molecule has 14 atom stereocenters. The van der Waals surface area contributed by atoms with Crippen LogP contribution in [0.4, 0.5) is 0 Å². The number of nitrogens with zero attached hydrogens (tertiary/aromatic N) is 8. The Morgan fingerprint density at radius 3 is 1.60 bits per heavy atom. The van der Waals surface area contributed by atoms with E-state index in [4.69, 9.17) is 14.3 Å². The quantitative estimate of drug-likeness (QED) is 0.0974. The molecular formula is C71H125N13O15. The third-order valence-corrected chi connectivity index (χ3v) is 19.8. The third-order valence-electron chi connectivity index (χ3n) is 19.8. The second-order valence-electron chi connectivity index (χ2n) is 30.2. The molecule has 0 unspecified atom stereocenters. The Balaban J connectivity index is 1.87. The fraction of sp³-hybridized carbons (Fsp3) is 0.831. The lowest BCUT2D eigenvalue weighted by atomic mass is 9.88. The molecule has 28 nitrogen and oxygen atoms in total. The summed E-state index contributed by atoms with van der Waals surface area (Å²) in [4.78, 5) is 193. The number of fused-ring (bicyclic) bond motifs is 1. The molecule has 3 aliphatic heterocycles. The van der Waals surface area contributed by atoms with Crippen LogP contribution in [0.25, 0.3) is 0 Å². The van der Waals surface area contributed by atoms with Crippen LogP contribution in [0.1, 0.15) is 181 Å². The van der Waals surface area contributed by atoms with Crippen molar-refractivity contribution in [2.24, 2.45) is 35.5 Å². The average Bonchev–Trinajstić information content (AvgIpc) is 1.18. The first-order valence-electron chi connectivity index (χ1n) is 36.3. The summed E-state index contributed by atoms with van der Waals surface area (Å²) in [7, 11) is 8.61. The highest BCUT2D eigenvalue weighted by atomic mass is 16.7. The summed E-state index contributed by atoms with van der Waals surface area (Å²) in [5, 5.41) is 15.1. The maximum absolute atomic E-state index is 15.3. The number of carbonyl (C=O) groups is 12. The third kappa shape index (κ3) is 23.5. The maximum Gasteiger partial charge on any atom is 0.270 e. The van der Waals surface area contributed by atoms with Gasteiger partial charge in [-0.15, -0.1) is 0 Å². The lowest BCUT2D eigenvalue weighted by Gasteiger charge is -2.50. The number of rotatable bonds is 22. The second kappa shape index (κ2) is 39.1. The summed E-state index contributed by atoms with van der Waals surface area (Å²) < 4.78 is 11.9. The maximum atomic E-state index is 15.3. The molecule has 1 aliphatic carbocycles. The highest BCUT2D eigenvalue weighted by molar-refractivity contribution is 6.00. The van der Waals surface area contributed by atoms with Gasteiger partial charge in [0.2, 0.25) is 65.0 Å². The van der Waals surface area contributed by atoms with Gasteiger partial charge in [0.05, 0.1) is 19.3 Å². The number of hydrogen-bond acceptors (Lipinski definition) is 16. The highest BCUT2D eigenvalue weighted by Crippen LogP contribution is 2.35. The molecule has 4 aliphatic rings. The van der Waals surface area contributed by atoms with Gasteiger partial charge in [0.15, 0.2) is 6.04 Å². The standard InChI is InChI=1S/C71H125N13O15/c1-23-51-67(92)77(17)48(15)66(91)82(22)58(49(16)98-34-25-24-31-83-32-35-97-36-33-83)63(88)76-56(43(8)9)70(95)78(18)52(37-40(2)3)62(87)72-46(13)61(86)73-47(14)65(90)79(19)53(38-41(4)5)68(93)80(20)54(39-42(6)7)69(94)81(21)57(44(10)11)71(96)84-59(64(89)75-51)60(99-84)45(12)27-26-28-55(85)74-50-29-30-50/h40-54,56-60H,23-39H2,1-22H3,(H,72,87)(H,73,86)(H,74,85)(H,75,89)(H,76,88)/t45-,46+,47-,48-,49-,51+,52+,53+,54+,56+,57+,58+,59+,60-/m1/s1. The van der Waals surface area contributed by atoms with E-state index >= 15 is 28.8 Å². The number of carbonyl (C=O) groups excluding carboxylic acids is 12. The SMILES string of the molecule is CC[C@@H]1NC(=O)[C@@H]2[C@@H]([C@H](C)CCCC(=O)NC3CC3)ON2C(=O)[C@H](C(C)C)N(C)C(=O)[C@H](CC(C)C)N(C)C(=O)[C@H](CC(C)C)N(C)C(=O)[C@@H](C)NC(=O)[C@H](C)NC(=O)[C@H](CC(C)C)N(C)C(=O)[C@H](C(C)C)NC(=O)[C@H]([C@@H](C)OCCCCN2CCOCC2)N(C)C(=O)[C@@H](C)N(C)C1=O. The topological polar surface area (TPSA) is 319 Å². The van der Waals surface area contributed by atoms with Crippen LogP contribution in [0, 0.1) is 35.5 Å². The molecular weight excluding hydrogens is 1270 g/mol. The van der Waals surface area contributed by atoms with Crippen molar-refractivity contribution in [1.82, 2.24) is 65.9 Å². The zero-order chi connectivity index (χ0) is 74.8. The normalized spacial score (nSPS) is 28.4. The minimum absolute atomic E-state index is 0.0219. The van der Waals surface area contributed by atoms with Crippen LogP contribution < -0.4 is 26.6 Å². The molecule has 3 heterocycles. The van der Waals surface area contributed by atoms with E-state index in [2.05, 4.69) is 31.5 Å². The summed E-state index contributed by atoms with van der Waals surface area (Å²) >= 11 is 0. The lowest BCUT2D eigenvalue weighted by molar-refractivity contribution is -0.322. The summed E-state index contributed by atoms with van der Waals surface area (Å²) in [5.41, 5.74) is 0. The molecule has 0 aromatic rings. The Morgan fingerprint density at radius 1 is 0.535 bits per heavy atom. The van der Waals surface area contributed by atoms with Crippen molar-refractivity contribution in [3.63, 3.8) is 0 Å². The fourth-order valence-corrected chi connectivity index (χ4v) is 13.2. The predicted molar refractivity (Wildman–Crippen MR) is 374 cm³/mol. The minimum Gasteiger partial charge on any atom is -0.379 e. The number of hydroxylamine groups is 2. The summed E-state index contributed by atoms with van der Waals surface area (Å²) in [5.74, 6) is -9.77. The van der Waals surface area contributed by atoms with Crippen LogP contribution in [0.2, 0.25) is 0 Å². The Labute approximate surface area is 589 Å². The van der Waals surface area contributed by atoms with Crippen molar-refractivity contribution >= 4 is 70.9 Å². The molecule has 4 rings (SSSR count). The van der Waals surface area contributed by atoms with Crippen molar-refractivity contribution in [3.05, 3.63) is 0 Å². The Kier molecular flexibility index (Phi) is 33.5. The van der Waals surface area contributed by atoms with E-state index in [0.717, 1.165) is 44.0 Å². The van der Waals surface area contributed by atoms with Crippen LogP contribution in [-0.2, 0) is 71.8 Å². The predicted octanol–water partition coefficient (Wildman–Crippen LogP) is 2.93. The van der Waals surface area contributed by atoms with E-state index in [1.165, 1.54) is 92.5 Å². The van der Waals surface area contributed by atoms with Gasteiger partial charge in [-0.2, -0.15) is 0 Å². The summed E-state index contributed by atoms with van der Waals surface area (Å²) in [6.45, 7) is 31.6. The lowest BCUT2D eigenvalue weighted by Crippen LogP contribution is -2.72. The van der Waals surface area contributed by atoms with Gasteiger partial charge in [-0.3, -0.25) is 67.3 Å². The molecule has 0 bridgehead atoms. The Hall–Kier alpha value is -6.52. The molecule has 0 spiro atoms. The van der Waals surface area contributed by atoms with E-state index in [-0.39, 0.29) is 68.4 Å². The van der Waals surface area contributed by atoms with E-state index in [1.807, 2.05) is 48.5 Å². The van der Waals surface area contributed by atoms with Gasteiger partial charge in [-0.25, -0.2) is 5.06 Å². The van der Waals surface area contributed by atoms with Crippen LogP contribution in [0.3, 0.4) is 0 Å². The van der Waals surface area contributed by atoms with Crippen LogP contribution in [-0.4, -0.2) is 277 Å². The first-order chi connectivity index (χ1) is 46.3. The van der Waals surface area contributed by atoms with E-state index < -0.39 is 161 Å². The molecule has 5 N–H and O–H groups in total. The number of morpholine rings is 1. The largest absolute Gasteiger partial charge is 0.379 e. The van der Waals surface area contributed by atoms with Crippen molar-refractivity contribution in [2.75, 3.05) is 81.7 Å². The molecule has 564 valence electrons. The van der Waals surface area contributed by atoms with Crippen molar-refractivity contribution < 1.29 is 71.8 Å². The molecule has 0 radical (unpaired) electrons. The van der Waals surface area contributed by atoms with E-state index in [0.29, 0.717) is 32.5 Å². The van der Waals surface area contributed by atoms with Crippen LogP contribution in [0.15, 0.2) is 0 Å². The molecule has 99 heavy (non-hydrogen) atoms. The number of ether oxygens (including phenoxy) is 2. The number of nitrogens with one attached hydrogen (secondary N) is 5. The second-order valence-corrected chi connectivity index (χ2v) is 30.2. The van der Waals surface area contributed by atoms with Gasteiger partial charge < -0.3 is 65.5 Å². The number of unbranched alkanes of at least 4 members (excludes halogenated alkanes) is 1. The molecule has 12 amide bonds. The zero-order valence-electron chi connectivity index (χ0n) is 63.8. The summed E-state index contributed by atoms with van der Waals surface area (Å²) in [6.07, 6.45) is 2.81.